The fraction of sp³-hybridized carbons (Fsp3) is 0.462. The lowest BCUT2D eigenvalue weighted by Crippen LogP contribution is -2.32. The van der Waals surface area contributed by atoms with E-state index in [2.05, 4.69) is 17.2 Å². The molecule has 0 aromatic heterocycles. The number of hydrogen-bond donors (Lipinski definition) is 1. The minimum absolute atomic E-state index is 0.437. The van der Waals surface area contributed by atoms with Gasteiger partial charge in [0.2, 0.25) is 0 Å². The van der Waals surface area contributed by atoms with Crippen LogP contribution in [0.5, 0.6) is 0 Å². The molecule has 1 aliphatic rings. The summed E-state index contributed by atoms with van der Waals surface area (Å²) in [7, 11) is 0. The molecule has 1 aliphatic carbocycles. The zero-order valence-corrected chi connectivity index (χ0v) is 10.2. The van der Waals surface area contributed by atoms with Gasteiger partial charge in [0.1, 0.15) is 5.60 Å². The van der Waals surface area contributed by atoms with Gasteiger partial charge in [0.25, 0.3) is 0 Å². The van der Waals surface area contributed by atoms with Crippen LogP contribution in [0.1, 0.15) is 34.1 Å². The van der Waals surface area contributed by atoms with Gasteiger partial charge in [-0.2, -0.15) is 0 Å². The maximum atomic E-state index is 11.5. The van der Waals surface area contributed by atoms with Crippen molar-refractivity contribution >= 4 is 6.09 Å². The summed E-state index contributed by atoms with van der Waals surface area (Å²) in [6, 6.07) is 0. The van der Waals surface area contributed by atoms with Gasteiger partial charge in [-0.05, 0) is 45.4 Å². The minimum atomic E-state index is -0.479. The van der Waals surface area contributed by atoms with E-state index in [0.29, 0.717) is 6.42 Å². The number of ether oxygens (including phenoxy) is 1. The van der Waals surface area contributed by atoms with Gasteiger partial charge in [0, 0.05) is 12.1 Å². The van der Waals surface area contributed by atoms with E-state index in [1.807, 2.05) is 39.8 Å². The molecular formula is C13H17NO2. The number of amides is 1. The standard InChI is InChI=1S/C13H17NO2/c1-10-6-5-7-11(9-8-10)14-12(15)16-13(2,3)4/h8-9H,7H2,1-4H3,(H,14,15). The average Bonchev–Trinajstić information content (AvgIpc) is 2.27. The topological polar surface area (TPSA) is 38.3 Å². The van der Waals surface area contributed by atoms with E-state index in [4.69, 9.17) is 4.74 Å². The fourth-order valence-corrected chi connectivity index (χ4v) is 1.13. The maximum absolute atomic E-state index is 11.5. The zero-order chi connectivity index (χ0) is 12.2. The molecule has 1 rings (SSSR count). The first kappa shape index (κ1) is 12.4. The Morgan fingerprint density at radius 2 is 2.12 bits per heavy atom. The maximum Gasteiger partial charge on any atom is 0.411 e. The molecule has 0 spiro atoms. The molecule has 1 amide bonds. The van der Waals surface area contributed by atoms with Crippen LogP contribution >= 0.6 is 0 Å². The Balaban J connectivity index is 2.57. The molecule has 0 saturated carbocycles. The number of carbonyl (C=O) groups excluding carboxylic acids is 1. The van der Waals surface area contributed by atoms with Crippen LogP contribution in [0.25, 0.3) is 0 Å². The first-order valence-corrected chi connectivity index (χ1v) is 5.23. The smallest absolute Gasteiger partial charge is 0.411 e. The van der Waals surface area contributed by atoms with Gasteiger partial charge in [0.15, 0.2) is 0 Å². The van der Waals surface area contributed by atoms with Crippen molar-refractivity contribution in [1.29, 1.82) is 0 Å². The van der Waals surface area contributed by atoms with E-state index in [0.717, 1.165) is 11.3 Å². The highest BCUT2D eigenvalue weighted by Gasteiger charge is 2.16. The summed E-state index contributed by atoms with van der Waals surface area (Å²) < 4.78 is 5.15. The second-order valence-corrected chi connectivity index (χ2v) is 4.65. The molecule has 0 unspecified atom stereocenters. The summed E-state index contributed by atoms with van der Waals surface area (Å²) in [6.07, 6.45) is 3.82. The summed E-state index contributed by atoms with van der Waals surface area (Å²) in [4.78, 5) is 11.5. The van der Waals surface area contributed by atoms with Gasteiger partial charge in [-0.25, -0.2) is 4.79 Å². The zero-order valence-electron chi connectivity index (χ0n) is 10.2. The monoisotopic (exact) mass is 219 g/mol. The predicted molar refractivity (Wildman–Crippen MR) is 63.6 cm³/mol. The number of carbonyl (C=O) groups is 1. The molecule has 86 valence electrons. The van der Waals surface area contributed by atoms with Crippen LogP contribution in [0, 0.1) is 11.8 Å². The van der Waals surface area contributed by atoms with Gasteiger partial charge in [0.05, 0.1) is 0 Å². The molecule has 1 N–H and O–H groups in total. The third kappa shape index (κ3) is 4.70. The minimum Gasteiger partial charge on any atom is -0.444 e. The van der Waals surface area contributed by atoms with Crippen LogP contribution < -0.4 is 5.32 Å². The second-order valence-electron chi connectivity index (χ2n) is 4.65. The van der Waals surface area contributed by atoms with E-state index in [-0.39, 0.29) is 0 Å². The van der Waals surface area contributed by atoms with Crippen LogP contribution in [0.3, 0.4) is 0 Å². The lowest BCUT2D eigenvalue weighted by molar-refractivity contribution is 0.0545. The van der Waals surface area contributed by atoms with Crippen molar-refractivity contribution in [2.45, 2.75) is 39.7 Å². The van der Waals surface area contributed by atoms with Crippen LogP contribution in [-0.2, 0) is 4.74 Å². The number of nitrogens with one attached hydrogen (secondary N) is 1. The van der Waals surface area contributed by atoms with Gasteiger partial charge < -0.3 is 4.74 Å². The van der Waals surface area contributed by atoms with Crippen LogP contribution in [0.15, 0.2) is 23.4 Å². The lowest BCUT2D eigenvalue weighted by atomic mass is 10.2. The third-order valence-electron chi connectivity index (χ3n) is 1.76. The summed E-state index contributed by atoms with van der Waals surface area (Å²) in [5.41, 5.74) is 1.27. The number of alkyl carbamates (subject to hydrolysis) is 1. The number of allylic oxidation sites excluding steroid dienone is 4. The van der Waals surface area contributed by atoms with E-state index in [1.165, 1.54) is 0 Å². The normalized spacial score (nSPS) is 15.0. The highest BCUT2D eigenvalue weighted by atomic mass is 16.6. The molecule has 0 heterocycles. The molecule has 0 radical (unpaired) electrons. The summed E-state index contributed by atoms with van der Waals surface area (Å²) in [6.45, 7) is 7.42. The summed E-state index contributed by atoms with van der Waals surface area (Å²) in [5.74, 6) is 5.92. The third-order valence-corrected chi connectivity index (χ3v) is 1.76. The van der Waals surface area contributed by atoms with Crippen molar-refractivity contribution in [2.75, 3.05) is 0 Å². The van der Waals surface area contributed by atoms with Gasteiger partial charge in [-0.3, -0.25) is 5.32 Å². The number of rotatable bonds is 1. The molecular weight excluding hydrogens is 202 g/mol. The molecule has 0 aromatic carbocycles. The van der Waals surface area contributed by atoms with Crippen molar-refractivity contribution in [3.8, 4) is 11.8 Å². The van der Waals surface area contributed by atoms with E-state index in [9.17, 15) is 4.79 Å². The molecule has 3 heteroatoms. The molecule has 0 aromatic rings. The Hall–Kier alpha value is -1.69. The van der Waals surface area contributed by atoms with Crippen molar-refractivity contribution < 1.29 is 9.53 Å². The van der Waals surface area contributed by atoms with Crippen molar-refractivity contribution in [3.05, 3.63) is 23.4 Å². The molecule has 0 atom stereocenters. The van der Waals surface area contributed by atoms with Crippen LogP contribution in [0.2, 0.25) is 0 Å². The van der Waals surface area contributed by atoms with Gasteiger partial charge in [-0.15, -0.1) is 0 Å². The van der Waals surface area contributed by atoms with Crippen molar-refractivity contribution in [1.82, 2.24) is 5.32 Å². The quantitative estimate of drug-likeness (QED) is 0.689. The molecule has 0 fully saturated rings. The fourth-order valence-electron chi connectivity index (χ4n) is 1.13. The lowest BCUT2D eigenvalue weighted by Gasteiger charge is -2.20. The Morgan fingerprint density at radius 1 is 1.44 bits per heavy atom. The van der Waals surface area contributed by atoms with E-state index in [1.54, 1.807) is 0 Å². The Morgan fingerprint density at radius 3 is 2.75 bits per heavy atom. The Bertz CT molecular complexity index is 400. The predicted octanol–water partition coefficient (Wildman–Crippen LogP) is 2.75. The van der Waals surface area contributed by atoms with Crippen LogP contribution in [0.4, 0.5) is 4.79 Å². The van der Waals surface area contributed by atoms with Gasteiger partial charge in [-0.1, -0.05) is 11.8 Å². The van der Waals surface area contributed by atoms with Crippen molar-refractivity contribution in [2.24, 2.45) is 0 Å². The second kappa shape index (κ2) is 4.89. The van der Waals surface area contributed by atoms with E-state index >= 15 is 0 Å². The molecule has 16 heavy (non-hydrogen) atoms. The molecule has 3 nitrogen and oxygen atoms in total. The largest absolute Gasteiger partial charge is 0.444 e. The first-order valence-electron chi connectivity index (χ1n) is 5.23. The molecule has 0 bridgehead atoms. The summed E-state index contributed by atoms with van der Waals surface area (Å²) >= 11 is 0. The Kier molecular flexibility index (Phi) is 3.78. The highest BCUT2D eigenvalue weighted by Crippen LogP contribution is 2.09. The Labute approximate surface area is 96.6 Å². The SMILES string of the molecule is CC1=CC=C(NC(=O)OC(C)(C)C)CC#C1. The van der Waals surface area contributed by atoms with Crippen LogP contribution in [-0.4, -0.2) is 11.7 Å². The van der Waals surface area contributed by atoms with E-state index < -0.39 is 11.7 Å². The summed E-state index contributed by atoms with van der Waals surface area (Å²) in [5, 5.41) is 2.69. The first-order chi connectivity index (χ1) is 7.37. The van der Waals surface area contributed by atoms with Gasteiger partial charge >= 0.3 is 6.09 Å². The molecule has 0 aliphatic heterocycles. The average molecular weight is 219 g/mol. The number of hydrogen-bond acceptors (Lipinski definition) is 2. The highest BCUT2D eigenvalue weighted by molar-refractivity contribution is 5.70. The van der Waals surface area contributed by atoms with Crippen molar-refractivity contribution in [3.63, 3.8) is 0 Å². The molecule has 0 saturated heterocycles.